The van der Waals surface area contributed by atoms with Gasteiger partial charge < -0.3 is 10.1 Å². The Morgan fingerprint density at radius 2 is 2.16 bits per heavy atom. The Labute approximate surface area is 116 Å². The molecule has 2 atom stereocenters. The third-order valence-corrected chi connectivity index (χ3v) is 3.43. The molecular formula is C14H28N4O. The highest BCUT2D eigenvalue weighted by atomic mass is 16.5. The van der Waals surface area contributed by atoms with E-state index in [0.717, 1.165) is 44.6 Å². The molecule has 1 aromatic rings. The van der Waals surface area contributed by atoms with Crippen LogP contribution >= 0.6 is 0 Å². The second-order valence-electron chi connectivity index (χ2n) is 4.97. The van der Waals surface area contributed by atoms with Crippen LogP contribution in [0.3, 0.4) is 0 Å². The van der Waals surface area contributed by atoms with Gasteiger partial charge in [-0.2, -0.15) is 5.10 Å². The Morgan fingerprint density at radius 3 is 2.79 bits per heavy atom. The van der Waals surface area contributed by atoms with Crippen molar-refractivity contribution >= 4 is 0 Å². The fourth-order valence-electron chi connectivity index (χ4n) is 2.11. The number of aryl methyl sites for hydroxylation is 1. The minimum atomic E-state index is 0.315. The Balaban J connectivity index is 2.53. The van der Waals surface area contributed by atoms with E-state index in [2.05, 4.69) is 36.2 Å². The molecule has 1 rings (SSSR count). The first-order chi connectivity index (χ1) is 9.21. The molecule has 0 saturated heterocycles. The van der Waals surface area contributed by atoms with Crippen molar-refractivity contribution in [2.75, 3.05) is 13.7 Å². The predicted molar refractivity (Wildman–Crippen MR) is 77.2 cm³/mol. The van der Waals surface area contributed by atoms with Gasteiger partial charge in [0.1, 0.15) is 12.2 Å². The summed E-state index contributed by atoms with van der Waals surface area (Å²) in [5.41, 5.74) is 0. The van der Waals surface area contributed by atoms with Crippen LogP contribution in [-0.2, 0) is 17.7 Å². The van der Waals surface area contributed by atoms with Gasteiger partial charge in [0.25, 0.3) is 0 Å². The zero-order valence-electron chi connectivity index (χ0n) is 12.7. The molecular weight excluding hydrogens is 240 g/mol. The molecule has 0 aliphatic heterocycles. The molecule has 0 fully saturated rings. The van der Waals surface area contributed by atoms with Crippen LogP contribution in [0.1, 0.15) is 45.9 Å². The van der Waals surface area contributed by atoms with Crippen molar-refractivity contribution in [3.63, 3.8) is 0 Å². The first-order valence-electron chi connectivity index (χ1n) is 7.34. The van der Waals surface area contributed by atoms with E-state index in [4.69, 9.17) is 4.74 Å². The van der Waals surface area contributed by atoms with Crippen LogP contribution in [0.25, 0.3) is 0 Å². The van der Waals surface area contributed by atoms with Gasteiger partial charge in [-0.15, -0.1) is 0 Å². The average molecular weight is 268 g/mol. The zero-order chi connectivity index (χ0) is 14.1. The monoisotopic (exact) mass is 268 g/mol. The molecule has 1 N–H and O–H groups in total. The van der Waals surface area contributed by atoms with E-state index < -0.39 is 0 Å². The Hall–Kier alpha value is -0.940. The van der Waals surface area contributed by atoms with E-state index in [1.165, 1.54) is 0 Å². The van der Waals surface area contributed by atoms with Gasteiger partial charge in [0.05, 0.1) is 6.10 Å². The molecule has 5 heteroatoms. The van der Waals surface area contributed by atoms with Gasteiger partial charge in [-0.05, 0) is 39.7 Å². The minimum Gasteiger partial charge on any atom is -0.382 e. The van der Waals surface area contributed by atoms with Crippen LogP contribution in [0.5, 0.6) is 0 Å². The second kappa shape index (κ2) is 9.04. The summed E-state index contributed by atoms with van der Waals surface area (Å²) in [7, 11) is 1.77. The maximum atomic E-state index is 5.32. The summed E-state index contributed by atoms with van der Waals surface area (Å²) >= 11 is 0. The first-order valence-corrected chi connectivity index (χ1v) is 7.34. The van der Waals surface area contributed by atoms with Crippen molar-refractivity contribution in [2.24, 2.45) is 0 Å². The van der Waals surface area contributed by atoms with Crippen molar-refractivity contribution in [3.05, 3.63) is 12.2 Å². The zero-order valence-corrected chi connectivity index (χ0v) is 12.7. The highest BCUT2D eigenvalue weighted by Gasteiger charge is 2.14. The van der Waals surface area contributed by atoms with Crippen molar-refractivity contribution in [1.29, 1.82) is 0 Å². The lowest BCUT2D eigenvalue weighted by Crippen LogP contribution is -2.33. The summed E-state index contributed by atoms with van der Waals surface area (Å²) in [5, 5.41) is 7.83. The fraction of sp³-hybridized carbons (Fsp3) is 0.857. The lowest BCUT2D eigenvalue weighted by atomic mass is 10.0. The van der Waals surface area contributed by atoms with E-state index in [-0.39, 0.29) is 0 Å². The number of methoxy groups -OCH3 is 1. The molecule has 0 saturated carbocycles. The highest BCUT2D eigenvalue weighted by molar-refractivity contribution is 4.90. The normalized spacial score (nSPS) is 14.5. The lowest BCUT2D eigenvalue weighted by molar-refractivity contribution is 0.106. The van der Waals surface area contributed by atoms with Gasteiger partial charge in [0.15, 0.2) is 0 Å². The molecule has 5 nitrogen and oxygen atoms in total. The summed E-state index contributed by atoms with van der Waals surface area (Å²) in [4.78, 5) is 4.36. The number of rotatable bonds is 10. The topological polar surface area (TPSA) is 52.0 Å². The van der Waals surface area contributed by atoms with E-state index in [1.807, 2.05) is 4.68 Å². The van der Waals surface area contributed by atoms with Gasteiger partial charge >= 0.3 is 0 Å². The number of hydrogen-bond acceptors (Lipinski definition) is 4. The number of aromatic nitrogens is 3. The molecule has 110 valence electrons. The summed E-state index contributed by atoms with van der Waals surface area (Å²) in [6.07, 6.45) is 6.22. The molecule has 0 bridgehead atoms. The summed E-state index contributed by atoms with van der Waals surface area (Å²) < 4.78 is 7.30. The molecule has 0 radical (unpaired) electrons. The molecule has 2 unspecified atom stereocenters. The molecule has 0 aromatic carbocycles. The van der Waals surface area contributed by atoms with Crippen LogP contribution in [0.15, 0.2) is 6.33 Å². The molecule has 0 amide bonds. The third-order valence-electron chi connectivity index (χ3n) is 3.43. The number of hydrogen-bond donors (Lipinski definition) is 1. The largest absolute Gasteiger partial charge is 0.382 e. The SMILES string of the molecule is CCCNC(CCC(C)OC)Cc1ncnn1CC. The van der Waals surface area contributed by atoms with Gasteiger partial charge in [0, 0.05) is 26.1 Å². The second-order valence-corrected chi connectivity index (χ2v) is 4.97. The highest BCUT2D eigenvalue weighted by Crippen LogP contribution is 2.09. The van der Waals surface area contributed by atoms with Crippen molar-refractivity contribution in [2.45, 2.75) is 65.1 Å². The van der Waals surface area contributed by atoms with Crippen LogP contribution in [0.2, 0.25) is 0 Å². The van der Waals surface area contributed by atoms with Crippen LogP contribution in [0.4, 0.5) is 0 Å². The van der Waals surface area contributed by atoms with Gasteiger partial charge in [-0.3, -0.25) is 4.68 Å². The van der Waals surface area contributed by atoms with Gasteiger partial charge in [-0.25, -0.2) is 4.98 Å². The molecule has 1 heterocycles. The van der Waals surface area contributed by atoms with E-state index in [0.29, 0.717) is 12.1 Å². The maximum Gasteiger partial charge on any atom is 0.138 e. The first kappa shape index (κ1) is 16.1. The van der Waals surface area contributed by atoms with Crippen LogP contribution < -0.4 is 5.32 Å². The van der Waals surface area contributed by atoms with Gasteiger partial charge in [0.2, 0.25) is 0 Å². The van der Waals surface area contributed by atoms with Gasteiger partial charge in [-0.1, -0.05) is 6.92 Å². The minimum absolute atomic E-state index is 0.315. The maximum absolute atomic E-state index is 5.32. The standard InChI is InChI=1S/C14H28N4O/c1-5-9-15-13(8-7-12(3)19-4)10-14-16-11-17-18(14)6-2/h11-13,15H,5-10H2,1-4H3. The predicted octanol–water partition coefficient (Wildman–Crippen LogP) is 2.02. The summed E-state index contributed by atoms with van der Waals surface area (Å²) in [5.74, 6) is 1.07. The number of nitrogens with one attached hydrogen (secondary N) is 1. The molecule has 0 aliphatic carbocycles. The summed E-state index contributed by atoms with van der Waals surface area (Å²) in [6, 6.07) is 0.451. The average Bonchev–Trinajstić information content (AvgIpc) is 2.88. The van der Waals surface area contributed by atoms with Crippen LogP contribution in [-0.4, -0.2) is 40.6 Å². The number of ether oxygens (including phenoxy) is 1. The van der Waals surface area contributed by atoms with E-state index in [9.17, 15) is 0 Å². The lowest BCUT2D eigenvalue weighted by Gasteiger charge is -2.20. The Bertz CT molecular complexity index is 340. The van der Waals surface area contributed by atoms with Crippen molar-refractivity contribution in [3.8, 4) is 0 Å². The van der Waals surface area contributed by atoms with Crippen molar-refractivity contribution < 1.29 is 4.74 Å². The third kappa shape index (κ3) is 5.70. The number of nitrogens with zero attached hydrogens (tertiary/aromatic N) is 3. The van der Waals surface area contributed by atoms with Crippen LogP contribution in [0, 0.1) is 0 Å². The van der Waals surface area contributed by atoms with E-state index in [1.54, 1.807) is 13.4 Å². The molecule has 1 aromatic heterocycles. The Kier molecular flexibility index (Phi) is 7.67. The Morgan fingerprint density at radius 1 is 1.37 bits per heavy atom. The molecule has 0 spiro atoms. The molecule has 0 aliphatic rings. The smallest absolute Gasteiger partial charge is 0.138 e. The fourth-order valence-corrected chi connectivity index (χ4v) is 2.11. The van der Waals surface area contributed by atoms with Crippen molar-refractivity contribution in [1.82, 2.24) is 20.1 Å². The summed E-state index contributed by atoms with van der Waals surface area (Å²) in [6.45, 7) is 8.33. The quantitative estimate of drug-likeness (QED) is 0.705. The molecule has 19 heavy (non-hydrogen) atoms. The van der Waals surface area contributed by atoms with E-state index >= 15 is 0 Å².